The number of halogens is 4. The second-order valence-electron chi connectivity index (χ2n) is 7.93. The maximum absolute atomic E-state index is 15.3. The van der Waals surface area contributed by atoms with Crippen LogP contribution in [0.25, 0.3) is 0 Å². The summed E-state index contributed by atoms with van der Waals surface area (Å²) in [5.41, 5.74) is 1.22. The predicted molar refractivity (Wildman–Crippen MR) is 114 cm³/mol. The molecule has 1 atom stereocenters. The molecule has 1 aliphatic rings. The molecule has 33 heavy (non-hydrogen) atoms. The molecule has 2 heterocycles. The van der Waals surface area contributed by atoms with Crippen molar-refractivity contribution in [3.8, 4) is 0 Å². The van der Waals surface area contributed by atoms with Crippen molar-refractivity contribution in [3.05, 3.63) is 88.6 Å². The third kappa shape index (κ3) is 4.97. The lowest BCUT2D eigenvalue weighted by molar-refractivity contribution is -0.137. The Bertz CT molecular complexity index is 1130. The number of carboxylic acid groups (broad SMARTS) is 1. The molecule has 0 radical (unpaired) electrons. The Morgan fingerprint density at radius 1 is 1.03 bits per heavy atom. The van der Waals surface area contributed by atoms with Crippen molar-refractivity contribution in [1.82, 2.24) is 9.97 Å². The maximum Gasteiger partial charge on any atom is 0.416 e. The van der Waals surface area contributed by atoms with E-state index in [4.69, 9.17) is 5.11 Å². The molecule has 1 unspecified atom stereocenters. The number of benzene rings is 2. The molecule has 0 saturated carbocycles. The van der Waals surface area contributed by atoms with Gasteiger partial charge in [-0.05, 0) is 61.1 Å². The topological polar surface area (TPSA) is 66.3 Å². The van der Waals surface area contributed by atoms with E-state index < -0.39 is 23.5 Å². The Kier molecular flexibility index (Phi) is 6.31. The average molecular weight is 459 g/mol. The lowest BCUT2D eigenvalue weighted by atomic mass is 10.0. The molecule has 1 saturated heterocycles. The molecule has 4 rings (SSSR count). The standard InChI is InChI=1S/C24H21F4N3O2/c25-21-19(12-5-15-3-6-17(7-4-15)23(32)33)29-14-30-22(21)31-13-1-2-20(31)16-8-10-18(11-9-16)24(26,27)28/h3-4,6-11,14,20H,1-2,5,12-13H2,(H,32,33). The number of rotatable bonds is 6. The summed E-state index contributed by atoms with van der Waals surface area (Å²) in [6.45, 7) is 0.537. The first-order valence-electron chi connectivity index (χ1n) is 10.5. The summed E-state index contributed by atoms with van der Waals surface area (Å²) in [5.74, 6) is -1.41. The average Bonchev–Trinajstić information content (AvgIpc) is 3.28. The zero-order valence-electron chi connectivity index (χ0n) is 17.5. The predicted octanol–water partition coefficient (Wildman–Crippen LogP) is 5.46. The summed E-state index contributed by atoms with van der Waals surface area (Å²) < 4.78 is 54.0. The second kappa shape index (κ2) is 9.17. The van der Waals surface area contributed by atoms with Gasteiger partial charge >= 0.3 is 12.1 Å². The summed E-state index contributed by atoms with van der Waals surface area (Å²) >= 11 is 0. The van der Waals surface area contributed by atoms with Crippen LogP contribution in [0.2, 0.25) is 0 Å². The monoisotopic (exact) mass is 459 g/mol. The van der Waals surface area contributed by atoms with E-state index in [9.17, 15) is 18.0 Å². The van der Waals surface area contributed by atoms with Crippen LogP contribution in [0.5, 0.6) is 0 Å². The molecule has 1 N–H and O–H groups in total. The Hall–Kier alpha value is -3.49. The molecular formula is C24H21F4N3O2. The number of nitrogens with zero attached hydrogens (tertiary/aromatic N) is 3. The van der Waals surface area contributed by atoms with Crippen LogP contribution < -0.4 is 4.90 Å². The minimum atomic E-state index is -4.41. The van der Waals surface area contributed by atoms with Gasteiger partial charge in [0.05, 0.1) is 22.9 Å². The molecule has 172 valence electrons. The number of anilines is 1. The molecule has 5 nitrogen and oxygen atoms in total. The maximum atomic E-state index is 15.3. The molecule has 1 aromatic heterocycles. The number of hydrogen-bond donors (Lipinski definition) is 1. The van der Waals surface area contributed by atoms with Gasteiger partial charge in [-0.3, -0.25) is 0 Å². The Balaban J connectivity index is 1.51. The number of alkyl halides is 3. The van der Waals surface area contributed by atoms with Crippen LogP contribution in [0.15, 0.2) is 54.9 Å². The first-order chi connectivity index (χ1) is 15.7. The second-order valence-corrected chi connectivity index (χ2v) is 7.93. The summed E-state index contributed by atoms with van der Waals surface area (Å²) in [6, 6.07) is 11.1. The van der Waals surface area contributed by atoms with Crippen LogP contribution in [0.3, 0.4) is 0 Å². The lowest BCUT2D eigenvalue weighted by Gasteiger charge is -2.27. The quantitative estimate of drug-likeness (QED) is 0.496. The molecule has 0 amide bonds. The molecule has 0 aliphatic carbocycles. The number of aromatic carboxylic acids is 1. The third-order valence-electron chi connectivity index (χ3n) is 5.84. The van der Waals surface area contributed by atoms with E-state index in [0.29, 0.717) is 31.4 Å². The van der Waals surface area contributed by atoms with Crippen molar-refractivity contribution in [1.29, 1.82) is 0 Å². The van der Waals surface area contributed by atoms with E-state index in [2.05, 4.69) is 9.97 Å². The number of aryl methyl sites for hydroxylation is 2. The van der Waals surface area contributed by atoms with Gasteiger partial charge in [0, 0.05) is 6.54 Å². The van der Waals surface area contributed by atoms with Crippen molar-refractivity contribution < 1.29 is 27.5 Å². The molecule has 1 fully saturated rings. The SMILES string of the molecule is O=C(O)c1ccc(CCc2ncnc(N3CCCC3c3ccc(C(F)(F)F)cc3)c2F)cc1. The molecule has 1 aliphatic heterocycles. The van der Waals surface area contributed by atoms with Crippen molar-refractivity contribution in [2.45, 2.75) is 37.9 Å². The van der Waals surface area contributed by atoms with Crippen molar-refractivity contribution in [2.24, 2.45) is 0 Å². The van der Waals surface area contributed by atoms with Crippen LogP contribution in [0.1, 0.15) is 51.6 Å². The highest BCUT2D eigenvalue weighted by molar-refractivity contribution is 5.87. The van der Waals surface area contributed by atoms with Crippen molar-refractivity contribution >= 4 is 11.8 Å². The Morgan fingerprint density at radius 2 is 1.73 bits per heavy atom. The highest BCUT2D eigenvalue weighted by atomic mass is 19.4. The molecular weight excluding hydrogens is 438 g/mol. The smallest absolute Gasteiger partial charge is 0.416 e. The van der Waals surface area contributed by atoms with E-state index in [-0.39, 0.29) is 23.1 Å². The van der Waals surface area contributed by atoms with Crippen molar-refractivity contribution in [2.75, 3.05) is 11.4 Å². The fraction of sp³-hybridized carbons (Fsp3) is 0.292. The van der Waals surface area contributed by atoms with Crippen LogP contribution in [0, 0.1) is 5.82 Å². The zero-order valence-corrected chi connectivity index (χ0v) is 17.5. The van der Waals surface area contributed by atoms with E-state index in [1.54, 1.807) is 17.0 Å². The number of carbonyl (C=O) groups is 1. The van der Waals surface area contributed by atoms with Gasteiger partial charge in [-0.15, -0.1) is 0 Å². The van der Waals surface area contributed by atoms with E-state index in [0.717, 1.165) is 24.1 Å². The van der Waals surface area contributed by atoms with Gasteiger partial charge in [-0.2, -0.15) is 13.2 Å². The normalized spacial score (nSPS) is 16.2. The van der Waals surface area contributed by atoms with Gasteiger partial charge in [0.1, 0.15) is 6.33 Å². The Labute approximate surface area is 187 Å². The van der Waals surface area contributed by atoms with E-state index >= 15 is 4.39 Å². The number of carboxylic acids is 1. The van der Waals surface area contributed by atoms with Gasteiger partial charge in [-0.1, -0.05) is 24.3 Å². The minimum absolute atomic E-state index is 0.142. The van der Waals surface area contributed by atoms with Crippen LogP contribution in [-0.2, 0) is 19.0 Å². The molecule has 3 aromatic rings. The Morgan fingerprint density at radius 3 is 2.36 bits per heavy atom. The molecule has 0 spiro atoms. The largest absolute Gasteiger partial charge is 0.478 e. The highest BCUT2D eigenvalue weighted by Gasteiger charge is 2.33. The molecule has 0 bridgehead atoms. The van der Waals surface area contributed by atoms with E-state index in [1.807, 2.05) is 0 Å². The van der Waals surface area contributed by atoms with Gasteiger partial charge in [-0.25, -0.2) is 19.2 Å². The fourth-order valence-corrected chi connectivity index (χ4v) is 4.11. The summed E-state index contributed by atoms with van der Waals surface area (Å²) in [5, 5.41) is 8.99. The third-order valence-corrected chi connectivity index (χ3v) is 5.84. The first-order valence-corrected chi connectivity index (χ1v) is 10.5. The van der Waals surface area contributed by atoms with Gasteiger partial charge in [0.15, 0.2) is 11.6 Å². The van der Waals surface area contributed by atoms with Gasteiger partial charge < -0.3 is 10.0 Å². The summed E-state index contributed by atoms with van der Waals surface area (Å²) in [7, 11) is 0. The van der Waals surface area contributed by atoms with Gasteiger partial charge in [0.25, 0.3) is 0 Å². The summed E-state index contributed by atoms with van der Waals surface area (Å²) in [4.78, 5) is 21.0. The first kappa shape index (κ1) is 22.7. The zero-order chi connectivity index (χ0) is 23.6. The van der Waals surface area contributed by atoms with Crippen molar-refractivity contribution in [3.63, 3.8) is 0 Å². The molecule has 9 heteroatoms. The minimum Gasteiger partial charge on any atom is -0.478 e. The number of hydrogen-bond acceptors (Lipinski definition) is 4. The fourth-order valence-electron chi connectivity index (χ4n) is 4.11. The molecule has 2 aromatic carbocycles. The van der Waals surface area contributed by atoms with E-state index in [1.165, 1.54) is 30.6 Å². The van der Waals surface area contributed by atoms with Crippen LogP contribution in [0.4, 0.5) is 23.4 Å². The van der Waals surface area contributed by atoms with Gasteiger partial charge in [0.2, 0.25) is 0 Å². The van der Waals surface area contributed by atoms with Crippen LogP contribution >= 0.6 is 0 Å². The number of aromatic nitrogens is 2. The van der Waals surface area contributed by atoms with Crippen LogP contribution in [-0.4, -0.2) is 27.6 Å². The lowest BCUT2D eigenvalue weighted by Crippen LogP contribution is -2.25. The summed E-state index contributed by atoms with van der Waals surface area (Å²) in [6.07, 6.45) is -0.901. The highest BCUT2D eigenvalue weighted by Crippen LogP contribution is 2.38.